The Kier molecular flexibility index (Phi) is 3.35. The first-order valence-corrected chi connectivity index (χ1v) is 5.25. The fraction of sp³-hybridized carbons (Fsp3) is 0.222. The van der Waals surface area contributed by atoms with Crippen LogP contribution in [0.1, 0.15) is 11.1 Å². The Bertz CT molecular complexity index is 329. The lowest BCUT2D eigenvalue weighted by atomic mass is 10.1. The number of benzene rings is 1. The SMILES string of the molecule is Cc1cccc(CN=C=S)c1[SiH3]. The second-order valence-electron chi connectivity index (χ2n) is 2.77. The van der Waals surface area contributed by atoms with Crippen molar-refractivity contribution in [1.29, 1.82) is 0 Å². The molecule has 0 N–H and O–H groups in total. The van der Waals surface area contributed by atoms with Crippen molar-refractivity contribution >= 4 is 32.8 Å². The highest BCUT2D eigenvalue weighted by Crippen LogP contribution is 2.00. The Balaban J connectivity index is 2.99. The van der Waals surface area contributed by atoms with E-state index in [4.69, 9.17) is 0 Å². The molecule has 0 aliphatic carbocycles. The van der Waals surface area contributed by atoms with Crippen LogP contribution in [0.3, 0.4) is 0 Å². The van der Waals surface area contributed by atoms with Crippen LogP contribution in [0.25, 0.3) is 0 Å². The Morgan fingerprint density at radius 2 is 2.33 bits per heavy atom. The summed E-state index contributed by atoms with van der Waals surface area (Å²) < 4.78 is 0. The van der Waals surface area contributed by atoms with Gasteiger partial charge in [0.05, 0.1) is 11.7 Å². The van der Waals surface area contributed by atoms with Gasteiger partial charge in [0.1, 0.15) is 0 Å². The molecule has 0 saturated heterocycles. The Morgan fingerprint density at radius 1 is 1.58 bits per heavy atom. The first-order valence-electron chi connectivity index (χ1n) is 3.84. The van der Waals surface area contributed by atoms with Crippen LogP contribution in [0.15, 0.2) is 23.2 Å². The number of aliphatic imine (C=N–C) groups is 1. The van der Waals surface area contributed by atoms with Crippen molar-refractivity contribution < 1.29 is 0 Å². The van der Waals surface area contributed by atoms with Gasteiger partial charge in [0.25, 0.3) is 0 Å². The third kappa shape index (κ3) is 2.11. The Labute approximate surface area is 81.0 Å². The second kappa shape index (κ2) is 4.31. The van der Waals surface area contributed by atoms with Crippen LogP contribution in [0.2, 0.25) is 0 Å². The van der Waals surface area contributed by atoms with E-state index in [-0.39, 0.29) is 0 Å². The molecule has 0 saturated carbocycles. The molecule has 0 aliphatic rings. The number of rotatable bonds is 2. The molecule has 3 heteroatoms. The number of aryl methyl sites for hydroxylation is 1. The lowest BCUT2D eigenvalue weighted by Gasteiger charge is -2.04. The maximum atomic E-state index is 4.52. The molecule has 0 aliphatic heterocycles. The fourth-order valence-electron chi connectivity index (χ4n) is 1.10. The number of hydrogen-bond acceptors (Lipinski definition) is 2. The second-order valence-corrected chi connectivity index (χ2v) is 3.95. The molecule has 0 atom stereocenters. The minimum absolute atomic E-state index is 0.685. The summed E-state index contributed by atoms with van der Waals surface area (Å²) in [5.41, 5.74) is 2.65. The molecule has 12 heavy (non-hydrogen) atoms. The first-order chi connectivity index (χ1) is 5.75. The van der Waals surface area contributed by atoms with E-state index in [1.807, 2.05) is 0 Å². The Morgan fingerprint density at radius 3 is 3.00 bits per heavy atom. The minimum Gasteiger partial charge on any atom is -0.228 e. The molecule has 1 nitrogen and oxygen atoms in total. The summed E-state index contributed by atoms with van der Waals surface area (Å²) in [6.07, 6.45) is 0. The average molecular weight is 193 g/mol. The maximum Gasteiger partial charge on any atom is 0.0741 e. The summed E-state index contributed by atoms with van der Waals surface area (Å²) in [6.45, 7) is 2.82. The van der Waals surface area contributed by atoms with Gasteiger partial charge >= 0.3 is 0 Å². The van der Waals surface area contributed by atoms with E-state index < -0.39 is 0 Å². The molecule has 1 rings (SSSR count). The van der Waals surface area contributed by atoms with Crippen molar-refractivity contribution in [1.82, 2.24) is 0 Å². The molecule has 0 unspecified atom stereocenters. The minimum atomic E-state index is 0.685. The summed E-state index contributed by atoms with van der Waals surface area (Å²) in [4.78, 5) is 3.93. The number of hydrogen-bond donors (Lipinski definition) is 0. The first kappa shape index (κ1) is 9.33. The largest absolute Gasteiger partial charge is 0.228 e. The fourth-order valence-corrected chi connectivity index (χ4v) is 1.66. The molecule has 0 fully saturated rings. The topological polar surface area (TPSA) is 12.4 Å². The molecule has 1 aromatic carbocycles. The number of thiocarbonyl (C=S) groups is 1. The van der Waals surface area contributed by atoms with E-state index in [1.54, 1.807) is 0 Å². The van der Waals surface area contributed by atoms with E-state index >= 15 is 0 Å². The highest BCUT2D eigenvalue weighted by Gasteiger charge is 1.97. The van der Waals surface area contributed by atoms with Crippen molar-refractivity contribution in [2.24, 2.45) is 4.99 Å². The van der Waals surface area contributed by atoms with E-state index in [9.17, 15) is 0 Å². The molecule has 62 valence electrons. The number of nitrogens with zero attached hydrogens (tertiary/aromatic N) is 1. The van der Waals surface area contributed by atoms with Crippen LogP contribution >= 0.6 is 12.2 Å². The van der Waals surface area contributed by atoms with Crippen LogP contribution in [-0.2, 0) is 6.54 Å². The molecule has 0 aromatic heterocycles. The lowest BCUT2D eigenvalue weighted by molar-refractivity contribution is 1.09. The van der Waals surface area contributed by atoms with Gasteiger partial charge in [0.15, 0.2) is 0 Å². The van der Waals surface area contributed by atoms with Gasteiger partial charge in [0.2, 0.25) is 0 Å². The molecular weight excluding hydrogens is 182 g/mol. The summed E-state index contributed by atoms with van der Waals surface area (Å²) in [7, 11) is 1.07. The molecule has 0 spiro atoms. The lowest BCUT2D eigenvalue weighted by Crippen LogP contribution is -2.13. The van der Waals surface area contributed by atoms with Crippen LogP contribution in [0.5, 0.6) is 0 Å². The third-order valence-electron chi connectivity index (χ3n) is 2.03. The Hall–Kier alpha value is -0.763. The van der Waals surface area contributed by atoms with Crippen LogP contribution < -0.4 is 5.19 Å². The summed E-state index contributed by atoms with van der Waals surface area (Å²) in [5.74, 6) is 0. The van der Waals surface area contributed by atoms with Gasteiger partial charge < -0.3 is 0 Å². The van der Waals surface area contributed by atoms with Crippen LogP contribution in [0, 0.1) is 6.92 Å². The molecule has 0 amide bonds. The summed E-state index contributed by atoms with van der Waals surface area (Å²) in [5, 5.41) is 3.82. The maximum absolute atomic E-state index is 4.52. The van der Waals surface area contributed by atoms with Crippen molar-refractivity contribution in [2.75, 3.05) is 0 Å². The van der Waals surface area contributed by atoms with Crippen molar-refractivity contribution in [3.63, 3.8) is 0 Å². The van der Waals surface area contributed by atoms with Crippen LogP contribution in [-0.4, -0.2) is 15.4 Å². The smallest absolute Gasteiger partial charge is 0.0741 e. The van der Waals surface area contributed by atoms with Gasteiger partial charge in [-0.2, -0.15) is 0 Å². The third-order valence-corrected chi connectivity index (χ3v) is 3.59. The zero-order valence-electron chi connectivity index (χ0n) is 7.29. The van der Waals surface area contributed by atoms with Gasteiger partial charge in [-0.25, -0.2) is 4.99 Å². The van der Waals surface area contributed by atoms with Gasteiger partial charge in [-0.1, -0.05) is 28.9 Å². The van der Waals surface area contributed by atoms with E-state index in [2.05, 4.69) is 47.5 Å². The normalized spacial score (nSPS) is 9.42. The van der Waals surface area contributed by atoms with Crippen molar-refractivity contribution in [3.8, 4) is 0 Å². The molecule has 1 aromatic rings. The van der Waals surface area contributed by atoms with E-state index in [0.717, 1.165) is 10.2 Å². The molecule has 0 heterocycles. The summed E-state index contributed by atoms with van der Waals surface area (Å²) >= 11 is 4.52. The molecular formula is C9H11NSSi. The number of isothiocyanates is 1. The monoisotopic (exact) mass is 193 g/mol. The summed E-state index contributed by atoms with van der Waals surface area (Å²) in [6, 6.07) is 6.30. The van der Waals surface area contributed by atoms with Gasteiger partial charge in [0, 0.05) is 10.2 Å². The van der Waals surface area contributed by atoms with E-state index in [1.165, 1.54) is 16.3 Å². The highest BCUT2D eigenvalue weighted by atomic mass is 32.1. The van der Waals surface area contributed by atoms with Gasteiger partial charge in [-0.3, -0.25) is 0 Å². The van der Waals surface area contributed by atoms with Gasteiger partial charge in [-0.05, 0) is 24.7 Å². The standard InChI is InChI=1S/C9H11NSSi/c1-7-3-2-4-8(9(7)12)5-10-6-11/h2-4H,5H2,1,12H3. The predicted octanol–water partition coefficient (Wildman–Crippen LogP) is 0.589. The molecule has 0 bridgehead atoms. The zero-order chi connectivity index (χ0) is 8.97. The highest BCUT2D eigenvalue weighted by molar-refractivity contribution is 7.78. The average Bonchev–Trinajstić information content (AvgIpc) is 2.08. The molecule has 0 radical (unpaired) electrons. The van der Waals surface area contributed by atoms with Crippen molar-refractivity contribution in [3.05, 3.63) is 29.3 Å². The zero-order valence-corrected chi connectivity index (χ0v) is 10.1. The van der Waals surface area contributed by atoms with Crippen LogP contribution in [0.4, 0.5) is 0 Å². The van der Waals surface area contributed by atoms with E-state index in [0.29, 0.717) is 6.54 Å². The van der Waals surface area contributed by atoms with Crippen molar-refractivity contribution in [2.45, 2.75) is 13.5 Å². The predicted molar refractivity (Wildman–Crippen MR) is 59.5 cm³/mol. The quantitative estimate of drug-likeness (QED) is 0.380. The van der Waals surface area contributed by atoms with Gasteiger partial charge in [-0.15, -0.1) is 0 Å².